The lowest BCUT2D eigenvalue weighted by molar-refractivity contribution is 0.0731. The number of anilines is 1. The van der Waals surface area contributed by atoms with Crippen LogP contribution < -0.4 is 5.32 Å². The summed E-state index contributed by atoms with van der Waals surface area (Å²) >= 11 is 0. The largest absolute Gasteiger partial charge is 0.391 e. The van der Waals surface area contributed by atoms with Crippen molar-refractivity contribution < 1.29 is 18.3 Å². The second-order valence-electron chi connectivity index (χ2n) is 8.97. The Hall–Kier alpha value is -2.23. The molecule has 160 valence electrons. The van der Waals surface area contributed by atoms with Gasteiger partial charge in [0.25, 0.3) is 5.91 Å². The molecule has 0 spiro atoms. The Kier molecular flexibility index (Phi) is 4.53. The molecule has 3 aliphatic rings. The van der Waals surface area contributed by atoms with Crippen LogP contribution in [0.2, 0.25) is 0 Å². The molecule has 2 aromatic rings. The van der Waals surface area contributed by atoms with E-state index in [9.17, 15) is 18.3 Å². The fourth-order valence-corrected chi connectivity index (χ4v) is 7.23. The summed E-state index contributed by atoms with van der Waals surface area (Å²) in [7, 11) is -3.76. The van der Waals surface area contributed by atoms with Crippen LogP contribution in [0.4, 0.5) is 5.69 Å². The normalized spacial score (nSPS) is 30.3. The molecule has 0 radical (unpaired) electrons. The molecule has 1 amide bonds. The third-order valence-electron chi connectivity index (χ3n) is 6.87. The molecule has 5 rings (SSSR count). The van der Waals surface area contributed by atoms with Gasteiger partial charge in [0.05, 0.1) is 17.0 Å². The van der Waals surface area contributed by atoms with Gasteiger partial charge in [0, 0.05) is 24.5 Å². The summed E-state index contributed by atoms with van der Waals surface area (Å²) in [4.78, 5) is 12.7. The van der Waals surface area contributed by atoms with Crippen LogP contribution in [0.5, 0.6) is 0 Å². The Labute approximate surface area is 175 Å². The van der Waals surface area contributed by atoms with Crippen molar-refractivity contribution in [2.24, 2.45) is 17.8 Å². The lowest BCUT2D eigenvalue weighted by Crippen LogP contribution is -2.43. The van der Waals surface area contributed by atoms with Gasteiger partial charge in [-0.3, -0.25) is 9.48 Å². The smallest absolute Gasteiger partial charge is 0.276 e. The van der Waals surface area contributed by atoms with Gasteiger partial charge in [-0.05, 0) is 68.7 Å². The van der Waals surface area contributed by atoms with Crippen LogP contribution >= 0.6 is 0 Å². The summed E-state index contributed by atoms with van der Waals surface area (Å²) in [5.74, 6) is 0.439. The molecule has 1 aliphatic heterocycles. The standard InChI is InChI=1S/C21H26N4O4S/c1-12(2)24-7-6-18(23-24)21(27)22-15-4-3-5-16(10-15)30(28,29)25-11-14-8-13-9-17(14)19(25)20(13)26/h3-7,10,12-14,17,19-20,26H,8-9,11H2,1-2H3,(H,22,27)/t13-,14-,17+,19+,20-/m0/s1. The third kappa shape index (κ3) is 2.99. The molecular weight excluding hydrogens is 404 g/mol. The molecule has 2 bridgehead atoms. The van der Waals surface area contributed by atoms with E-state index in [1.807, 2.05) is 13.8 Å². The van der Waals surface area contributed by atoms with Crippen molar-refractivity contribution in [3.05, 3.63) is 42.2 Å². The molecule has 1 aromatic heterocycles. The highest BCUT2D eigenvalue weighted by Gasteiger charge is 2.61. The predicted molar refractivity (Wildman–Crippen MR) is 110 cm³/mol. The number of aliphatic hydroxyl groups is 1. The SMILES string of the molecule is CC(C)n1ccc(C(=O)Nc2cccc(S(=O)(=O)N3C[C@@H]4C[C@H]5C[C@H]4[C@@H]3[C@H]5O)c2)n1. The van der Waals surface area contributed by atoms with E-state index in [1.54, 1.807) is 29.1 Å². The minimum atomic E-state index is -3.76. The van der Waals surface area contributed by atoms with Crippen molar-refractivity contribution in [3.8, 4) is 0 Å². The predicted octanol–water partition coefficient (Wildman–Crippen LogP) is 2.11. The number of hydrogen-bond donors (Lipinski definition) is 2. The lowest BCUT2D eigenvalue weighted by Gasteiger charge is -2.28. The average Bonchev–Trinajstić information content (AvgIpc) is 3.44. The fraction of sp³-hybridized carbons (Fsp3) is 0.524. The van der Waals surface area contributed by atoms with Crippen LogP contribution in [-0.2, 0) is 10.0 Å². The number of carbonyl (C=O) groups is 1. The van der Waals surface area contributed by atoms with E-state index in [1.165, 1.54) is 16.4 Å². The van der Waals surface area contributed by atoms with Crippen molar-refractivity contribution in [2.75, 3.05) is 11.9 Å². The molecular formula is C21H26N4O4S. The van der Waals surface area contributed by atoms with E-state index in [4.69, 9.17) is 0 Å². The highest BCUT2D eigenvalue weighted by molar-refractivity contribution is 7.89. The number of hydrogen-bond acceptors (Lipinski definition) is 5. The lowest BCUT2D eigenvalue weighted by atomic mass is 9.88. The first-order chi connectivity index (χ1) is 14.3. The molecule has 2 aliphatic carbocycles. The number of sulfonamides is 1. The second kappa shape index (κ2) is 6.90. The Morgan fingerprint density at radius 1 is 1.23 bits per heavy atom. The molecule has 5 atom stereocenters. The number of rotatable bonds is 5. The van der Waals surface area contributed by atoms with Gasteiger partial charge < -0.3 is 10.4 Å². The van der Waals surface area contributed by atoms with Gasteiger partial charge in [-0.15, -0.1) is 0 Å². The van der Waals surface area contributed by atoms with Gasteiger partial charge in [0.2, 0.25) is 10.0 Å². The summed E-state index contributed by atoms with van der Waals surface area (Å²) in [6.45, 7) is 4.41. The van der Waals surface area contributed by atoms with Gasteiger partial charge >= 0.3 is 0 Å². The van der Waals surface area contributed by atoms with Crippen LogP contribution in [0, 0.1) is 17.8 Å². The van der Waals surface area contributed by atoms with Crippen LogP contribution in [-0.4, -0.2) is 52.2 Å². The first-order valence-corrected chi connectivity index (χ1v) is 11.9. The molecule has 2 heterocycles. The molecule has 3 fully saturated rings. The number of fused-ring (bicyclic) bond motifs is 1. The monoisotopic (exact) mass is 430 g/mol. The Morgan fingerprint density at radius 2 is 2.03 bits per heavy atom. The maximum absolute atomic E-state index is 13.4. The quantitative estimate of drug-likeness (QED) is 0.756. The number of amides is 1. The summed E-state index contributed by atoms with van der Waals surface area (Å²) in [5.41, 5.74) is 0.667. The van der Waals surface area contributed by atoms with Crippen LogP contribution in [0.15, 0.2) is 41.4 Å². The van der Waals surface area contributed by atoms with E-state index in [-0.39, 0.29) is 34.5 Å². The topological polar surface area (TPSA) is 105 Å². The fourth-order valence-electron chi connectivity index (χ4n) is 5.45. The van der Waals surface area contributed by atoms with Gasteiger partial charge in [-0.1, -0.05) is 6.07 Å². The number of nitrogens with one attached hydrogen (secondary N) is 1. The van der Waals surface area contributed by atoms with Gasteiger partial charge in [0.15, 0.2) is 5.69 Å². The van der Waals surface area contributed by atoms with E-state index < -0.39 is 22.0 Å². The molecule has 30 heavy (non-hydrogen) atoms. The Balaban J connectivity index is 1.37. The highest BCUT2D eigenvalue weighted by Crippen LogP contribution is 2.56. The molecule has 0 unspecified atom stereocenters. The minimum absolute atomic E-state index is 0.130. The molecule has 1 aromatic carbocycles. The van der Waals surface area contributed by atoms with Crippen LogP contribution in [0.1, 0.15) is 43.2 Å². The number of carbonyl (C=O) groups excluding carboxylic acids is 1. The number of benzene rings is 1. The maximum atomic E-state index is 13.4. The first-order valence-electron chi connectivity index (χ1n) is 10.4. The highest BCUT2D eigenvalue weighted by atomic mass is 32.2. The number of aromatic nitrogens is 2. The van der Waals surface area contributed by atoms with Gasteiger partial charge in [-0.2, -0.15) is 9.40 Å². The summed E-state index contributed by atoms with van der Waals surface area (Å²) in [5, 5.41) is 17.5. The van der Waals surface area contributed by atoms with Crippen molar-refractivity contribution >= 4 is 21.6 Å². The molecule has 1 saturated heterocycles. The zero-order valence-corrected chi connectivity index (χ0v) is 17.8. The molecule has 2 N–H and O–H groups in total. The van der Waals surface area contributed by atoms with Crippen molar-refractivity contribution in [2.45, 2.75) is 49.8 Å². The van der Waals surface area contributed by atoms with Gasteiger partial charge in [-0.25, -0.2) is 8.42 Å². The van der Waals surface area contributed by atoms with Crippen molar-refractivity contribution in [3.63, 3.8) is 0 Å². The first kappa shape index (κ1) is 19.7. The van der Waals surface area contributed by atoms with E-state index >= 15 is 0 Å². The van der Waals surface area contributed by atoms with Crippen molar-refractivity contribution in [1.29, 1.82) is 0 Å². The molecule has 2 saturated carbocycles. The Bertz CT molecular complexity index is 1090. The summed E-state index contributed by atoms with van der Waals surface area (Å²) in [6.07, 6.45) is 2.99. The summed E-state index contributed by atoms with van der Waals surface area (Å²) < 4.78 is 29.9. The number of aliphatic hydroxyl groups excluding tert-OH is 1. The van der Waals surface area contributed by atoms with Crippen LogP contribution in [0.25, 0.3) is 0 Å². The zero-order chi connectivity index (χ0) is 21.2. The van der Waals surface area contributed by atoms with Gasteiger partial charge in [0.1, 0.15) is 0 Å². The summed E-state index contributed by atoms with van der Waals surface area (Å²) in [6, 6.07) is 7.74. The second-order valence-corrected chi connectivity index (χ2v) is 10.9. The maximum Gasteiger partial charge on any atom is 0.276 e. The Morgan fingerprint density at radius 3 is 2.73 bits per heavy atom. The average molecular weight is 431 g/mol. The zero-order valence-electron chi connectivity index (χ0n) is 17.0. The number of nitrogens with zero attached hydrogens (tertiary/aromatic N) is 3. The van der Waals surface area contributed by atoms with Crippen molar-refractivity contribution in [1.82, 2.24) is 14.1 Å². The molecule has 8 nitrogen and oxygen atoms in total. The minimum Gasteiger partial charge on any atom is -0.391 e. The van der Waals surface area contributed by atoms with E-state index in [2.05, 4.69) is 10.4 Å². The van der Waals surface area contributed by atoms with E-state index in [0.29, 0.717) is 18.2 Å². The van der Waals surface area contributed by atoms with Crippen LogP contribution in [0.3, 0.4) is 0 Å². The molecule has 9 heteroatoms. The third-order valence-corrected chi connectivity index (χ3v) is 8.73. The van der Waals surface area contributed by atoms with E-state index in [0.717, 1.165) is 12.8 Å².